The maximum Gasteiger partial charge on any atom is 0.256 e. The molecule has 9 heteroatoms. The number of hydrogen-bond donors (Lipinski definition) is 3. The Morgan fingerprint density at radius 3 is 2.35 bits per heavy atom. The number of anilines is 2. The van der Waals surface area contributed by atoms with Crippen LogP contribution >= 0.6 is 0 Å². The van der Waals surface area contributed by atoms with Crippen molar-refractivity contribution in [3.63, 3.8) is 0 Å². The second-order valence-electron chi connectivity index (χ2n) is 8.08. The van der Waals surface area contributed by atoms with Crippen molar-refractivity contribution in [2.75, 3.05) is 11.5 Å². The molecule has 0 fully saturated rings. The Labute approximate surface area is 196 Å². The van der Waals surface area contributed by atoms with Crippen molar-refractivity contribution in [1.82, 2.24) is 29.9 Å². The first-order chi connectivity index (χ1) is 16.5. The van der Waals surface area contributed by atoms with Gasteiger partial charge in [-0.2, -0.15) is 10.2 Å². The van der Waals surface area contributed by atoms with Crippen LogP contribution in [0.25, 0.3) is 10.8 Å². The predicted molar refractivity (Wildman–Crippen MR) is 131 cm³/mol. The number of carbonyl (C=O) groups is 1. The summed E-state index contributed by atoms with van der Waals surface area (Å²) in [6.45, 7) is 1.59. The molecule has 0 spiro atoms. The van der Waals surface area contributed by atoms with Gasteiger partial charge in [-0.25, -0.2) is 4.98 Å². The Kier molecular flexibility index (Phi) is 5.65. The van der Waals surface area contributed by atoms with E-state index in [2.05, 4.69) is 32.6 Å². The van der Waals surface area contributed by atoms with Gasteiger partial charge in [0.15, 0.2) is 5.82 Å². The van der Waals surface area contributed by atoms with Crippen LogP contribution in [-0.4, -0.2) is 30.5 Å². The highest BCUT2D eigenvalue weighted by atomic mass is 16.1. The van der Waals surface area contributed by atoms with Gasteiger partial charge in [-0.1, -0.05) is 36.4 Å². The zero-order valence-corrected chi connectivity index (χ0v) is 18.4. The minimum absolute atomic E-state index is 0.199. The molecule has 5 rings (SSSR count). The zero-order valence-electron chi connectivity index (χ0n) is 18.4. The number of carbonyl (C=O) groups excluding carboxylic acids is 1. The number of nitrogens with two attached hydrogens (primary N) is 2. The fourth-order valence-electron chi connectivity index (χ4n) is 3.85. The van der Waals surface area contributed by atoms with Crippen molar-refractivity contribution >= 4 is 28.3 Å². The first-order valence-electron chi connectivity index (χ1n) is 10.8. The summed E-state index contributed by atoms with van der Waals surface area (Å²) in [6, 6.07) is 17.8. The van der Waals surface area contributed by atoms with Crippen LogP contribution in [0, 0.1) is 0 Å². The minimum Gasteiger partial charge on any atom is -0.383 e. The summed E-state index contributed by atoms with van der Waals surface area (Å²) in [5.74, 6) is 0.415. The lowest BCUT2D eigenvalue weighted by Gasteiger charge is -2.07. The average Bonchev–Trinajstić information content (AvgIpc) is 3.48. The monoisotopic (exact) mass is 452 g/mol. The largest absolute Gasteiger partial charge is 0.383 e. The zero-order chi connectivity index (χ0) is 23.5. The summed E-state index contributed by atoms with van der Waals surface area (Å²) in [5.41, 5.74) is 15.5. The molecule has 0 aliphatic carbocycles. The molecule has 0 radical (unpaired) electrons. The fraction of sp³-hybridized carbons (Fsp3) is 0.120. The molecule has 9 nitrogen and oxygen atoms in total. The lowest BCUT2D eigenvalue weighted by Crippen LogP contribution is -2.23. The van der Waals surface area contributed by atoms with Crippen LogP contribution in [0.4, 0.5) is 11.6 Å². The van der Waals surface area contributed by atoms with Gasteiger partial charge in [0.25, 0.3) is 5.91 Å². The van der Waals surface area contributed by atoms with Gasteiger partial charge in [0.05, 0.1) is 13.1 Å². The normalized spacial score (nSPS) is 11.1. The highest BCUT2D eigenvalue weighted by Crippen LogP contribution is 2.20. The summed E-state index contributed by atoms with van der Waals surface area (Å²) in [5, 5.41) is 13.3. The third-order valence-electron chi connectivity index (χ3n) is 5.62. The number of benzene rings is 2. The van der Waals surface area contributed by atoms with Gasteiger partial charge in [-0.15, -0.1) is 0 Å². The van der Waals surface area contributed by atoms with Crippen molar-refractivity contribution in [2.45, 2.75) is 19.6 Å². The number of hydrogen-bond acceptors (Lipinski definition) is 6. The highest BCUT2D eigenvalue weighted by molar-refractivity contribution is 5.98. The molecule has 0 saturated carbocycles. The van der Waals surface area contributed by atoms with Crippen LogP contribution in [-0.2, 0) is 19.6 Å². The van der Waals surface area contributed by atoms with Crippen LogP contribution in [0.5, 0.6) is 0 Å². The standard InChI is InChI=1S/C25H24N8O/c26-23-21-7-6-19(12-20(21)8-10-28-23)13-29-25(34)22-16-33(31-24(22)27)15-18-4-2-17(3-5-18)14-32-11-1-9-30-32/h1-12,16H,13-15H2,(H2,26,28)(H2,27,31)(H,29,34). The second-order valence-corrected chi connectivity index (χ2v) is 8.08. The van der Waals surface area contributed by atoms with Gasteiger partial charge in [0.1, 0.15) is 11.4 Å². The molecule has 0 aliphatic heterocycles. The van der Waals surface area contributed by atoms with E-state index in [9.17, 15) is 4.79 Å². The van der Waals surface area contributed by atoms with Crippen LogP contribution in [0.3, 0.4) is 0 Å². The maximum atomic E-state index is 12.7. The molecular weight excluding hydrogens is 428 g/mol. The number of nitrogens with one attached hydrogen (secondary N) is 1. The third-order valence-corrected chi connectivity index (χ3v) is 5.62. The molecule has 0 saturated heterocycles. The van der Waals surface area contributed by atoms with Crippen molar-refractivity contribution in [3.05, 3.63) is 102 Å². The summed E-state index contributed by atoms with van der Waals surface area (Å²) < 4.78 is 3.55. The number of pyridine rings is 1. The van der Waals surface area contributed by atoms with E-state index in [1.165, 1.54) is 0 Å². The van der Waals surface area contributed by atoms with E-state index in [-0.39, 0.29) is 11.7 Å². The Morgan fingerprint density at radius 2 is 1.62 bits per heavy atom. The SMILES string of the molecule is Nc1nn(Cc2ccc(Cn3cccn3)cc2)cc1C(=O)NCc1ccc2c(N)nccc2c1. The molecule has 0 bridgehead atoms. The van der Waals surface area contributed by atoms with Gasteiger partial charge >= 0.3 is 0 Å². The first kappa shape index (κ1) is 21.2. The maximum absolute atomic E-state index is 12.7. The number of aromatic nitrogens is 5. The highest BCUT2D eigenvalue weighted by Gasteiger charge is 2.14. The lowest BCUT2D eigenvalue weighted by atomic mass is 10.1. The number of nitrogen functional groups attached to an aromatic ring is 2. The molecule has 3 heterocycles. The summed E-state index contributed by atoms with van der Waals surface area (Å²) in [6.07, 6.45) is 7.04. The Morgan fingerprint density at radius 1 is 0.882 bits per heavy atom. The minimum atomic E-state index is -0.271. The third kappa shape index (κ3) is 4.58. The molecule has 5 N–H and O–H groups in total. The van der Waals surface area contributed by atoms with E-state index in [1.807, 2.05) is 53.3 Å². The fourth-order valence-corrected chi connectivity index (χ4v) is 3.85. The molecule has 0 atom stereocenters. The van der Waals surface area contributed by atoms with Crippen molar-refractivity contribution in [3.8, 4) is 0 Å². The molecule has 3 aromatic heterocycles. The van der Waals surface area contributed by atoms with Gasteiger partial charge in [-0.05, 0) is 40.3 Å². The van der Waals surface area contributed by atoms with Gasteiger partial charge in [0.2, 0.25) is 0 Å². The number of nitrogens with zero attached hydrogens (tertiary/aromatic N) is 5. The summed E-state index contributed by atoms with van der Waals surface area (Å²) >= 11 is 0. The van der Waals surface area contributed by atoms with Crippen LogP contribution < -0.4 is 16.8 Å². The Bertz CT molecular complexity index is 1440. The van der Waals surface area contributed by atoms with Crippen LogP contribution in [0.1, 0.15) is 27.0 Å². The second kappa shape index (κ2) is 9.07. The van der Waals surface area contributed by atoms with Crippen molar-refractivity contribution in [1.29, 1.82) is 0 Å². The van der Waals surface area contributed by atoms with Crippen molar-refractivity contribution in [2.24, 2.45) is 0 Å². The Balaban J connectivity index is 1.22. The van der Waals surface area contributed by atoms with E-state index in [0.29, 0.717) is 31.0 Å². The van der Waals surface area contributed by atoms with Crippen LogP contribution in [0.2, 0.25) is 0 Å². The predicted octanol–water partition coefficient (Wildman–Crippen LogP) is 2.82. The molecule has 2 aromatic carbocycles. The van der Waals surface area contributed by atoms with Crippen LogP contribution in [0.15, 0.2) is 79.4 Å². The summed E-state index contributed by atoms with van der Waals surface area (Å²) in [7, 11) is 0. The van der Waals surface area contributed by atoms with E-state index < -0.39 is 0 Å². The van der Waals surface area contributed by atoms with E-state index in [0.717, 1.165) is 27.5 Å². The molecule has 170 valence electrons. The number of rotatable bonds is 7. The Hall–Kier alpha value is -4.66. The smallest absolute Gasteiger partial charge is 0.256 e. The molecular formula is C25H24N8O. The first-order valence-corrected chi connectivity index (χ1v) is 10.8. The van der Waals surface area contributed by atoms with E-state index in [4.69, 9.17) is 11.5 Å². The topological polar surface area (TPSA) is 130 Å². The number of fused-ring (bicyclic) bond motifs is 1. The number of amides is 1. The van der Waals surface area contributed by atoms with Gasteiger partial charge < -0.3 is 16.8 Å². The lowest BCUT2D eigenvalue weighted by molar-refractivity contribution is 0.0951. The molecule has 5 aromatic rings. The van der Waals surface area contributed by atoms with E-state index >= 15 is 0 Å². The molecule has 0 unspecified atom stereocenters. The van der Waals surface area contributed by atoms with Crippen molar-refractivity contribution < 1.29 is 4.79 Å². The quantitative estimate of drug-likeness (QED) is 0.348. The molecule has 1 amide bonds. The van der Waals surface area contributed by atoms with E-state index in [1.54, 1.807) is 23.3 Å². The van der Waals surface area contributed by atoms with Gasteiger partial charge in [0, 0.05) is 36.7 Å². The average molecular weight is 453 g/mol. The molecule has 34 heavy (non-hydrogen) atoms. The molecule has 0 aliphatic rings. The summed E-state index contributed by atoms with van der Waals surface area (Å²) in [4.78, 5) is 16.8. The van der Waals surface area contributed by atoms with Gasteiger partial charge in [-0.3, -0.25) is 14.2 Å².